The van der Waals surface area contributed by atoms with Crippen LogP contribution in [0.25, 0.3) is 0 Å². The van der Waals surface area contributed by atoms with Gasteiger partial charge in [0.05, 0.1) is 17.6 Å². The second-order valence-corrected chi connectivity index (χ2v) is 8.79. The van der Waals surface area contributed by atoms with Crippen molar-refractivity contribution in [2.45, 2.75) is 31.7 Å². The lowest BCUT2D eigenvalue weighted by Crippen LogP contribution is -2.50. The smallest absolute Gasteiger partial charge is 0.250 e. The van der Waals surface area contributed by atoms with Crippen LogP contribution in [-0.4, -0.2) is 34.4 Å². The van der Waals surface area contributed by atoms with Gasteiger partial charge < -0.3 is 14.8 Å². The van der Waals surface area contributed by atoms with E-state index in [1.165, 1.54) is 10.6 Å². The first-order valence-corrected chi connectivity index (χ1v) is 11.3. The number of aromatic nitrogens is 1. The lowest BCUT2D eigenvalue weighted by atomic mass is 9.72. The molecule has 0 spiro atoms. The summed E-state index contributed by atoms with van der Waals surface area (Å²) in [4.78, 5) is 39.7. The summed E-state index contributed by atoms with van der Waals surface area (Å²) >= 11 is 6.26. The van der Waals surface area contributed by atoms with Gasteiger partial charge in [-0.15, -0.1) is 0 Å². The summed E-state index contributed by atoms with van der Waals surface area (Å²) in [5.74, 6) is -0.122. The van der Waals surface area contributed by atoms with E-state index in [1.54, 1.807) is 30.2 Å². The molecule has 33 heavy (non-hydrogen) atoms. The third kappa shape index (κ3) is 4.86. The van der Waals surface area contributed by atoms with Gasteiger partial charge in [-0.25, -0.2) is 0 Å². The van der Waals surface area contributed by atoms with Crippen LogP contribution in [0.5, 0.6) is 0 Å². The highest BCUT2D eigenvalue weighted by Crippen LogP contribution is 2.37. The molecule has 6 nitrogen and oxygen atoms in total. The van der Waals surface area contributed by atoms with Crippen LogP contribution in [0.4, 0.5) is 5.69 Å². The summed E-state index contributed by atoms with van der Waals surface area (Å²) in [6.45, 7) is 2.89. The van der Waals surface area contributed by atoms with E-state index in [0.29, 0.717) is 43.2 Å². The van der Waals surface area contributed by atoms with Crippen LogP contribution in [0.2, 0.25) is 5.02 Å². The Labute approximate surface area is 197 Å². The molecule has 1 N–H and O–H groups in total. The largest absolute Gasteiger partial charge is 0.343 e. The maximum atomic E-state index is 13.7. The van der Waals surface area contributed by atoms with Gasteiger partial charge in [0.15, 0.2) is 0 Å². The Morgan fingerprint density at radius 3 is 2.30 bits per heavy atom. The molecule has 1 aliphatic heterocycles. The lowest BCUT2D eigenvalue weighted by molar-refractivity contribution is -0.133. The van der Waals surface area contributed by atoms with Crippen LogP contribution < -0.4 is 10.9 Å². The van der Waals surface area contributed by atoms with Crippen molar-refractivity contribution in [2.75, 3.05) is 18.4 Å². The number of hydrogen-bond acceptors (Lipinski definition) is 3. The molecule has 2 heterocycles. The number of pyridine rings is 1. The van der Waals surface area contributed by atoms with Gasteiger partial charge in [0.1, 0.15) is 0 Å². The minimum atomic E-state index is -0.753. The number of piperidine rings is 1. The lowest BCUT2D eigenvalue weighted by Gasteiger charge is -2.40. The van der Waals surface area contributed by atoms with Crippen molar-refractivity contribution < 1.29 is 9.59 Å². The molecule has 3 aromatic rings. The Kier molecular flexibility index (Phi) is 6.65. The summed E-state index contributed by atoms with van der Waals surface area (Å²) in [7, 11) is 0. The summed E-state index contributed by atoms with van der Waals surface area (Å²) in [5, 5.41) is 3.61. The van der Waals surface area contributed by atoms with Crippen LogP contribution in [0.1, 0.15) is 30.9 Å². The number of anilines is 1. The molecule has 0 atom stereocenters. The highest BCUT2D eigenvalue weighted by atomic mass is 35.5. The number of hydrogen-bond donors (Lipinski definition) is 1. The summed E-state index contributed by atoms with van der Waals surface area (Å²) in [6.07, 6.45) is 2.70. The molecule has 0 radical (unpaired) electrons. The highest BCUT2D eigenvalue weighted by molar-refractivity contribution is 6.31. The third-order valence-corrected chi connectivity index (χ3v) is 6.73. The molecular weight excluding hydrogens is 438 g/mol. The van der Waals surface area contributed by atoms with Gasteiger partial charge >= 0.3 is 0 Å². The molecule has 2 amide bonds. The van der Waals surface area contributed by atoms with Gasteiger partial charge in [-0.05, 0) is 36.1 Å². The number of benzene rings is 2. The van der Waals surface area contributed by atoms with Crippen LogP contribution in [0.3, 0.4) is 0 Å². The van der Waals surface area contributed by atoms with E-state index in [-0.39, 0.29) is 17.4 Å². The van der Waals surface area contributed by atoms with E-state index in [2.05, 4.69) is 5.32 Å². The Morgan fingerprint density at radius 1 is 0.970 bits per heavy atom. The molecule has 2 aromatic carbocycles. The number of carbonyl (C=O) groups is 2. The first kappa shape index (κ1) is 22.8. The molecule has 7 heteroatoms. The van der Waals surface area contributed by atoms with Crippen molar-refractivity contribution in [2.24, 2.45) is 0 Å². The molecule has 4 rings (SSSR count). The SMILES string of the molecule is CC(=O)N1CCC(C(=O)Nc2ccc(=O)n(Cc3ccccc3Cl)c2)(c2ccccc2)CC1. The number of halogens is 1. The van der Waals surface area contributed by atoms with Crippen molar-refractivity contribution >= 4 is 29.1 Å². The standard InChI is InChI=1S/C26H26ClN3O3/c1-19(31)29-15-13-26(14-16-29,21-8-3-2-4-9-21)25(33)28-22-11-12-24(32)30(18-22)17-20-7-5-6-10-23(20)27/h2-12,18H,13-17H2,1H3,(H,28,33). The molecule has 170 valence electrons. The quantitative estimate of drug-likeness (QED) is 0.620. The highest BCUT2D eigenvalue weighted by Gasteiger charge is 2.43. The molecule has 0 unspecified atom stereocenters. The Bertz CT molecular complexity index is 1210. The Hall–Kier alpha value is -3.38. The second kappa shape index (κ2) is 9.63. The van der Waals surface area contributed by atoms with Crippen LogP contribution in [0, 0.1) is 0 Å². The third-order valence-electron chi connectivity index (χ3n) is 6.36. The van der Waals surface area contributed by atoms with Crippen molar-refractivity contribution in [3.8, 4) is 0 Å². The minimum absolute atomic E-state index is 0.0173. The normalized spacial score (nSPS) is 15.2. The van der Waals surface area contributed by atoms with E-state index in [9.17, 15) is 14.4 Å². The van der Waals surface area contributed by atoms with Crippen molar-refractivity contribution in [1.29, 1.82) is 0 Å². The Balaban J connectivity index is 1.61. The summed E-state index contributed by atoms with van der Waals surface area (Å²) in [6, 6.07) is 20.1. The predicted octanol–water partition coefficient (Wildman–Crippen LogP) is 4.07. The van der Waals surface area contributed by atoms with Gasteiger partial charge in [0.2, 0.25) is 11.8 Å². The molecule has 1 saturated heterocycles. The summed E-state index contributed by atoms with van der Waals surface area (Å²) < 4.78 is 1.53. The zero-order valence-corrected chi connectivity index (χ0v) is 19.2. The number of nitrogens with zero attached hydrogens (tertiary/aromatic N) is 2. The number of likely N-dealkylation sites (tertiary alicyclic amines) is 1. The van der Waals surface area contributed by atoms with Crippen molar-refractivity contribution in [3.05, 3.63) is 99.4 Å². The fraction of sp³-hybridized carbons (Fsp3) is 0.269. The van der Waals surface area contributed by atoms with E-state index in [4.69, 9.17) is 11.6 Å². The van der Waals surface area contributed by atoms with E-state index in [1.807, 2.05) is 48.5 Å². The van der Waals surface area contributed by atoms with Gasteiger partial charge in [-0.3, -0.25) is 14.4 Å². The molecule has 0 bridgehead atoms. The topological polar surface area (TPSA) is 71.4 Å². The number of amides is 2. The number of nitrogens with one attached hydrogen (secondary N) is 1. The second-order valence-electron chi connectivity index (χ2n) is 8.38. The van der Waals surface area contributed by atoms with Gasteiger partial charge in [0, 0.05) is 37.3 Å². The molecule has 1 aliphatic rings. The maximum absolute atomic E-state index is 13.7. The maximum Gasteiger partial charge on any atom is 0.250 e. The fourth-order valence-corrected chi connectivity index (χ4v) is 4.59. The monoisotopic (exact) mass is 463 g/mol. The average Bonchev–Trinajstić information content (AvgIpc) is 2.83. The fourth-order valence-electron chi connectivity index (χ4n) is 4.40. The van der Waals surface area contributed by atoms with Gasteiger partial charge in [-0.1, -0.05) is 60.1 Å². The molecule has 1 aromatic heterocycles. The number of carbonyl (C=O) groups excluding carboxylic acids is 2. The molecule has 0 aliphatic carbocycles. The molecule has 0 saturated carbocycles. The van der Waals surface area contributed by atoms with E-state index >= 15 is 0 Å². The van der Waals surface area contributed by atoms with Crippen molar-refractivity contribution in [3.63, 3.8) is 0 Å². The minimum Gasteiger partial charge on any atom is -0.343 e. The van der Waals surface area contributed by atoms with Crippen LogP contribution in [-0.2, 0) is 21.5 Å². The van der Waals surface area contributed by atoms with Gasteiger partial charge in [0.25, 0.3) is 5.56 Å². The zero-order chi connectivity index (χ0) is 23.4. The Morgan fingerprint density at radius 2 is 1.64 bits per heavy atom. The van der Waals surface area contributed by atoms with E-state index < -0.39 is 5.41 Å². The van der Waals surface area contributed by atoms with Crippen molar-refractivity contribution in [1.82, 2.24) is 9.47 Å². The van der Waals surface area contributed by atoms with Crippen LogP contribution in [0.15, 0.2) is 77.7 Å². The summed E-state index contributed by atoms with van der Waals surface area (Å²) in [5.41, 5.74) is 1.35. The molecular formula is C26H26ClN3O3. The predicted molar refractivity (Wildman–Crippen MR) is 129 cm³/mol. The number of rotatable bonds is 5. The first-order chi connectivity index (χ1) is 15.9. The van der Waals surface area contributed by atoms with E-state index in [0.717, 1.165) is 11.1 Å². The zero-order valence-electron chi connectivity index (χ0n) is 18.5. The average molecular weight is 464 g/mol. The van der Waals surface area contributed by atoms with Gasteiger partial charge in [-0.2, -0.15) is 0 Å². The molecule has 1 fully saturated rings. The first-order valence-electron chi connectivity index (χ1n) is 11.0. The van der Waals surface area contributed by atoms with Crippen LogP contribution >= 0.6 is 11.6 Å².